The highest BCUT2D eigenvalue weighted by molar-refractivity contribution is 7.86. The summed E-state index contributed by atoms with van der Waals surface area (Å²) in [6.45, 7) is 0.115. The summed E-state index contributed by atoms with van der Waals surface area (Å²) in [6.07, 6.45) is 1.91. The Balaban J connectivity index is 2.66. The summed E-state index contributed by atoms with van der Waals surface area (Å²) in [6, 6.07) is 9.78. The molecule has 1 rings (SSSR count). The number of nitrogens with zero attached hydrogens (tertiary/aromatic N) is 1. The van der Waals surface area contributed by atoms with Gasteiger partial charge in [0.05, 0.1) is 5.75 Å². The number of benzene rings is 1. The molecule has 1 N–H and O–H groups in total. The van der Waals surface area contributed by atoms with Gasteiger partial charge in [-0.1, -0.05) is 30.3 Å². The standard InChI is InChI=1S/C14H23NO4S/c1-15(2)19-20(17,18)12-10-14(9-6-11-16)13-7-4-3-5-8-13/h3-5,7-8,14,16H,6,9-12H2,1-2H3. The molecule has 0 aliphatic heterocycles. The molecule has 1 aromatic carbocycles. The molecule has 0 aliphatic carbocycles. The molecule has 0 aliphatic rings. The average Bonchev–Trinajstić information content (AvgIpc) is 2.38. The van der Waals surface area contributed by atoms with Crippen molar-refractivity contribution in [2.24, 2.45) is 0 Å². The maximum absolute atomic E-state index is 11.7. The minimum absolute atomic E-state index is 0.0316. The Hall–Kier alpha value is -0.950. The quantitative estimate of drug-likeness (QED) is 0.704. The molecule has 0 fully saturated rings. The number of hydrogen-bond acceptors (Lipinski definition) is 5. The summed E-state index contributed by atoms with van der Waals surface area (Å²) in [5.74, 6) is 0.0831. The lowest BCUT2D eigenvalue weighted by molar-refractivity contribution is 0.00511. The van der Waals surface area contributed by atoms with Crippen molar-refractivity contribution in [3.8, 4) is 0 Å². The molecule has 0 saturated heterocycles. The zero-order valence-electron chi connectivity index (χ0n) is 12.0. The van der Waals surface area contributed by atoms with Crippen LogP contribution in [0.15, 0.2) is 30.3 Å². The fourth-order valence-electron chi connectivity index (χ4n) is 2.09. The monoisotopic (exact) mass is 301 g/mol. The first-order valence-corrected chi connectivity index (χ1v) is 8.28. The van der Waals surface area contributed by atoms with Gasteiger partial charge < -0.3 is 5.11 Å². The van der Waals surface area contributed by atoms with Crippen LogP contribution in [0, 0.1) is 0 Å². The van der Waals surface area contributed by atoms with Crippen molar-refractivity contribution >= 4 is 10.1 Å². The first-order valence-electron chi connectivity index (χ1n) is 6.70. The molecule has 1 unspecified atom stereocenters. The Bertz CT molecular complexity index is 473. The van der Waals surface area contributed by atoms with Crippen molar-refractivity contribution in [1.82, 2.24) is 5.06 Å². The predicted molar refractivity (Wildman–Crippen MR) is 78.7 cm³/mol. The van der Waals surface area contributed by atoms with Crippen LogP contribution in [0.4, 0.5) is 0 Å². The molecule has 5 nitrogen and oxygen atoms in total. The number of hydrogen-bond donors (Lipinski definition) is 1. The third-order valence-electron chi connectivity index (χ3n) is 2.96. The van der Waals surface area contributed by atoms with Crippen LogP contribution in [0.25, 0.3) is 0 Å². The van der Waals surface area contributed by atoms with Gasteiger partial charge in [0.25, 0.3) is 10.1 Å². The van der Waals surface area contributed by atoms with Gasteiger partial charge in [-0.3, -0.25) is 0 Å². The zero-order valence-corrected chi connectivity index (χ0v) is 12.8. The first kappa shape index (κ1) is 17.1. The van der Waals surface area contributed by atoms with Gasteiger partial charge in [0.15, 0.2) is 0 Å². The van der Waals surface area contributed by atoms with E-state index in [-0.39, 0.29) is 18.3 Å². The number of aliphatic hydroxyl groups is 1. The van der Waals surface area contributed by atoms with Crippen LogP contribution >= 0.6 is 0 Å². The van der Waals surface area contributed by atoms with Gasteiger partial charge >= 0.3 is 0 Å². The van der Waals surface area contributed by atoms with Crippen molar-refractivity contribution in [3.05, 3.63) is 35.9 Å². The second-order valence-corrected chi connectivity index (χ2v) is 6.58. The molecule has 0 aromatic heterocycles. The van der Waals surface area contributed by atoms with E-state index < -0.39 is 10.1 Å². The highest BCUT2D eigenvalue weighted by Gasteiger charge is 2.18. The van der Waals surface area contributed by atoms with Crippen molar-refractivity contribution in [1.29, 1.82) is 0 Å². The van der Waals surface area contributed by atoms with Crippen molar-refractivity contribution in [2.45, 2.75) is 25.2 Å². The van der Waals surface area contributed by atoms with Gasteiger partial charge in [0.1, 0.15) is 0 Å². The van der Waals surface area contributed by atoms with Crippen LogP contribution < -0.4 is 0 Å². The zero-order chi connectivity index (χ0) is 15.0. The van der Waals surface area contributed by atoms with Crippen LogP contribution in [-0.4, -0.2) is 45.0 Å². The van der Waals surface area contributed by atoms with E-state index in [0.717, 1.165) is 12.0 Å². The summed E-state index contributed by atoms with van der Waals surface area (Å²) in [4.78, 5) is 0. The van der Waals surface area contributed by atoms with E-state index in [2.05, 4.69) is 0 Å². The smallest absolute Gasteiger partial charge is 0.283 e. The number of aliphatic hydroxyl groups excluding tert-OH is 1. The SMILES string of the molecule is CN(C)OS(=O)(=O)CCC(CCCO)c1ccccc1. The number of rotatable bonds is 9. The fraction of sp³-hybridized carbons (Fsp3) is 0.571. The first-order chi connectivity index (χ1) is 9.44. The summed E-state index contributed by atoms with van der Waals surface area (Å²) in [5, 5.41) is 10.1. The fourth-order valence-corrected chi connectivity index (χ4v) is 3.19. The van der Waals surface area contributed by atoms with Gasteiger partial charge in [0, 0.05) is 20.7 Å². The second kappa shape index (κ2) is 8.36. The van der Waals surface area contributed by atoms with Crippen molar-refractivity contribution in [2.75, 3.05) is 26.5 Å². The van der Waals surface area contributed by atoms with Crippen molar-refractivity contribution < 1.29 is 17.8 Å². The second-order valence-electron chi connectivity index (χ2n) is 4.91. The van der Waals surface area contributed by atoms with E-state index >= 15 is 0 Å². The largest absolute Gasteiger partial charge is 0.396 e. The Labute approximate surface area is 121 Å². The van der Waals surface area contributed by atoms with Crippen LogP contribution in [0.5, 0.6) is 0 Å². The lowest BCUT2D eigenvalue weighted by Crippen LogP contribution is -2.22. The Kier molecular flexibility index (Phi) is 7.15. The summed E-state index contributed by atoms with van der Waals surface area (Å²) < 4.78 is 28.3. The van der Waals surface area contributed by atoms with E-state index in [1.165, 1.54) is 19.2 Å². The number of hydroxylamine groups is 2. The third kappa shape index (κ3) is 6.47. The molecular weight excluding hydrogens is 278 g/mol. The van der Waals surface area contributed by atoms with Crippen molar-refractivity contribution in [3.63, 3.8) is 0 Å². The summed E-state index contributed by atoms with van der Waals surface area (Å²) in [7, 11) is -0.466. The van der Waals surface area contributed by atoms with Gasteiger partial charge in [-0.15, -0.1) is 0 Å². The highest BCUT2D eigenvalue weighted by atomic mass is 32.2. The van der Waals surface area contributed by atoms with E-state index in [9.17, 15) is 8.42 Å². The molecule has 0 amide bonds. The Morgan fingerprint density at radius 1 is 1.20 bits per heavy atom. The molecule has 0 saturated carbocycles. The van der Waals surface area contributed by atoms with Crippen LogP contribution in [0.3, 0.4) is 0 Å². The Morgan fingerprint density at radius 2 is 1.85 bits per heavy atom. The molecule has 0 bridgehead atoms. The molecule has 0 heterocycles. The van der Waals surface area contributed by atoms with Crippen LogP contribution in [0.1, 0.15) is 30.7 Å². The molecule has 6 heteroatoms. The van der Waals surface area contributed by atoms with Gasteiger partial charge in [0.2, 0.25) is 0 Å². The van der Waals surface area contributed by atoms with Gasteiger partial charge in [-0.05, 0) is 30.7 Å². The average molecular weight is 301 g/mol. The van der Waals surface area contributed by atoms with Gasteiger partial charge in [-0.2, -0.15) is 17.8 Å². The molecule has 1 aromatic rings. The van der Waals surface area contributed by atoms with E-state index in [4.69, 9.17) is 9.39 Å². The maximum atomic E-state index is 11.7. The molecule has 0 spiro atoms. The lowest BCUT2D eigenvalue weighted by atomic mass is 9.92. The predicted octanol–water partition coefficient (Wildman–Crippen LogP) is 1.76. The van der Waals surface area contributed by atoms with Crippen LogP contribution in [0.2, 0.25) is 0 Å². The Morgan fingerprint density at radius 3 is 2.40 bits per heavy atom. The topological polar surface area (TPSA) is 66.8 Å². The highest BCUT2D eigenvalue weighted by Crippen LogP contribution is 2.25. The molecule has 114 valence electrons. The van der Waals surface area contributed by atoms with Crippen LogP contribution in [-0.2, 0) is 14.4 Å². The minimum Gasteiger partial charge on any atom is -0.396 e. The third-order valence-corrected chi connectivity index (χ3v) is 4.22. The molecule has 1 atom stereocenters. The molecule has 20 heavy (non-hydrogen) atoms. The van der Waals surface area contributed by atoms with E-state index in [0.29, 0.717) is 12.8 Å². The molecular formula is C14H23NO4S. The summed E-state index contributed by atoms with van der Waals surface area (Å²) in [5.41, 5.74) is 1.10. The maximum Gasteiger partial charge on any atom is 0.283 e. The molecule has 0 radical (unpaired) electrons. The van der Waals surface area contributed by atoms with E-state index in [1.54, 1.807) is 0 Å². The van der Waals surface area contributed by atoms with E-state index in [1.807, 2.05) is 30.3 Å². The minimum atomic E-state index is -3.55. The normalized spacial score (nSPS) is 13.6. The summed E-state index contributed by atoms with van der Waals surface area (Å²) >= 11 is 0. The van der Waals surface area contributed by atoms with Gasteiger partial charge in [-0.25, -0.2) is 0 Å². The lowest BCUT2D eigenvalue weighted by Gasteiger charge is -2.17.